The Labute approximate surface area is 75.3 Å². The topological polar surface area (TPSA) is 15.3 Å². The monoisotopic (exact) mass is 168 g/mol. The summed E-state index contributed by atoms with van der Waals surface area (Å²) in [6, 6.07) is 1.58. The highest BCUT2D eigenvalue weighted by atomic mass is 15.2. The Kier molecular flexibility index (Phi) is 2.37. The lowest BCUT2D eigenvalue weighted by molar-refractivity contribution is 0.159. The largest absolute Gasteiger partial charge is 0.315 e. The summed E-state index contributed by atoms with van der Waals surface area (Å²) in [5.74, 6) is 0.994. The number of rotatable bonds is 1. The third kappa shape index (κ3) is 1.38. The first kappa shape index (κ1) is 8.52. The van der Waals surface area contributed by atoms with Crippen molar-refractivity contribution in [2.24, 2.45) is 5.92 Å². The van der Waals surface area contributed by atoms with Crippen LogP contribution < -0.4 is 5.32 Å². The average molecular weight is 168 g/mol. The Hall–Kier alpha value is -0.0800. The van der Waals surface area contributed by atoms with Crippen LogP contribution in [0.3, 0.4) is 0 Å². The van der Waals surface area contributed by atoms with Gasteiger partial charge in [-0.3, -0.25) is 4.90 Å². The van der Waals surface area contributed by atoms with Crippen LogP contribution in [0.4, 0.5) is 0 Å². The quantitative estimate of drug-likeness (QED) is 0.630. The zero-order valence-corrected chi connectivity index (χ0v) is 8.21. The number of hydrogen-bond acceptors (Lipinski definition) is 2. The molecule has 2 nitrogen and oxygen atoms in total. The van der Waals surface area contributed by atoms with Gasteiger partial charge in [-0.2, -0.15) is 0 Å². The van der Waals surface area contributed by atoms with Gasteiger partial charge in [-0.05, 0) is 45.7 Å². The number of piperidine rings is 1. The van der Waals surface area contributed by atoms with Crippen molar-refractivity contribution in [3.8, 4) is 0 Å². The first-order valence-electron chi connectivity index (χ1n) is 5.25. The number of nitrogens with one attached hydrogen (secondary N) is 1. The van der Waals surface area contributed by atoms with Crippen molar-refractivity contribution in [1.82, 2.24) is 10.2 Å². The van der Waals surface area contributed by atoms with E-state index in [2.05, 4.69) is 24.1 Å². The molecule has 12 heavy (non-hydrogen) atoms. The minimum Gasteiger partial charge on any atom is -0.315 e. The minimum absolute atomic E-state index is 0.736. The molecule has 70 valence electrons. The zero-order chi connectivity index (χ0) is 8.55. The molecule has 0 aromatic rings. The molecule has 0 unspecified atom stereocenters. The van der Waals surface area contributed by atoms with Crippen molar-refractivity contribution in [3.05, 3.63) is 0 Å². The lowest BCUT2D eigenvalue weighted by Gasteiger charge is -2.34. The lowest BCUT2D eigenvalue weighted by atomic mass is 9.93. The van der Waals surface area contributed by atoms with Crippen LogP contribution in [0.2, 0.25) is 0 Å². The van der Waals surface area contributed by atoms with Crippen LogP contribution in [0, 0.1) is 5.92 Å². The Bertz CT molecular complexity index is 156. The maximum absolute atomic E-state index is 3.50. The summed E-state index contributed by atoms with van der Waals surface area (Å²) in [6.07, 6.45) is 2.83. The molecule has 2 saturated heterocycles. The van der Waals surface area contributed by atoms with Gasteiger partial charge >= 0.3 is 0 Å². The van der Waals surface area contributed by atoms with E-state index in [9.17, 15) is 0 Å². The number of hydrogen-bond donors (Lipinski definition) is 1. The van der Waals surface area contributed by atoms with Gasteiger partial charge < -0.3 is 5.32 Å². The standard InChI is InChI=1S/C10H20N2/c1-8(2)12-6-4-9-3-5-11-7-10(9)12/h8-11H,3-7H2,1-2H3/t9-,10+/m0/s1. The second-order valence-electron chi connectivity index (χ2n) is 4.44. The van der Waals surface area contributed by atoms with Gasteiger partial charge in [0.1, 0.15) is 0 Å². The van der Waals surface area contributed by atoms with Gasteiger partial charge in [0.2, 0.25) is 0 Å². The molecule has 0 bridgehead atoms. The van der Waals surface area contributed by atoms with Crippen LogP contribution in [0.5, 0.6) is 0 Å². The predicted molar refractivity (Wildman–Crippen MR) is 51.2 cm³/mol. The second-order valence-corrected chi connectivity index (χ2v) is 4.44. The summed E-state index contributed by atoms with van der Waals surface area (Å²) < 4.78 is 0. The number of likely N-dealkylation sites (tertiary alicyclic amines) is 1. The first-order chi connectivity index (χ1) is 5.79. The normalized spacial score (nSPS) is 37.2. The molecule has 2 heterocycles. The molecule has 1 N–H and O–H groups in total. The van der Waals surface area contributed by atoms with E-state index in [1.807, 2.05) is 0 Å². The van der Waals surface area contributed by atoms with Gasteiger partial charge in [0.25, 0.3) is 0 Å². The van der Waals surface area contributed by atoms with Crippen molar-refractivity contribution in [3.63, 3.8) is 0 Å². The highest BCUT2D eigenvalue weighted by Gasteiger charge is 2.36. The second kappa shape index (κ2) is 3.35. The predicted octanol–water partition coefficient (Wildman–Crippen LogP) is 1.08. The molecule has 0 aromatic heterocycles. The highest BCUT2D eigenvalue weighted by Crippen LogP contribution is 2.29. The van der Waals surface area contributed by atoms with Crippen LogP contribution in [0.15, 0.2) is 0 Å². The third-order valence-corrected chi connectivity index (χ3v) is 3.44. The van der Waals surface area contributed by atoms with Gasteiger partial charge in [0.15, 0.2) is 0 Å². The molecular weight excluding hydrogens is 148 g/mol. The summed E-state index contributed by atoms with van der Waals surface area (Å²) in [7, 11) is 0. The van der Waals surface area contributed by atoms with E-state index in [4.69, 9.17) is 0 Å². The van der Waals surface area contributed by atoms with E-state index < -0.39 is 0 Å². The van der Waals surface area contributed by atoms with Gasteiger partial charge in [-0.25, -0.2) is 0 Å². The zero-order valence-electron chi connectivity index (χ0n) is 8.21. The van der Waals surface area contributed by atoms with E-state index >= 15 is 0 Å². The molecular formula is C10H20N2. The molecule has 0 amide bonds. The molecule has 0 aromatic carbocycles. The van der Waals surface area contributed by atoms with Crippen molar-refractivity contribution in [2.45, 2.75) is 38.8 Å². The molecule has 0 spiro atoms. The summed E-state index contributed by atoms with van der Waals surface area (Å²) in [5, 5.41) is 3.50. The van der Waals surface area contributed by atoms with Crippen molar-refractivity contribution in [1.29, 1.82) is 0 Å². The number of nitrogens with zero attached hydrogens (tertiary/aromatic N) is 1. The molecule has 2 heteroatoms. The Morgan fingerprint density at radius 2 is 2.17 bits per heavy atom. The Morgan fingerprint density at radius 1 is 1.33 bits per heavy atom. The first-order valence-corrected chi connectivity index (χ1v) is 5.25. The van der Waals surface area contributed by atoms with E-state index in [0.717, 1.165) is 18.0 Å². The van der Waals surface area contributed by atoms with Gasteiger partial charge in [-0.15, -0.1) is 0 Å². The Morgan fingerprint density at radius 3 is 2.92 bits per heavy atom. The summed E-state index contributed by atoms with van der Waals surface area (Å²) in [5.41, 5.74) is 0. The van der Waals surface area contributed by atoms with Crippen LogP contribution >= 0.6 is 0 Å². The third-order valence-electron chi connectivity index (χ3n) is 3.44. The van der Waals surface area contributed by atoms with Gasteiger partial charge in [0.05, 0.1) is 0 Å². The Balaban J connectivity index is 2.01. The molecule has 2 aliphatic rings. The lowest BCUT2D eigenvalue weighted by Crippen LogP contribution is -2.48. The van der Waals surface area contributed by atoms with E-state index in [-0.39, 0.29) is 0 Å². The molecule has 0 aliphatic carbocycles. The van der Waals surface area contributed by atoms with E-state index in [0.29, 0.717) is 0 Å². The fraction of sp³-hybridized carbons (Fsp3) is 1.00. The van der Waals surface area contributed by atoms with E-state index in [1.165, 1.54) is 32.5 Å². The maximum atomic E-state index is 3.50. The molecule has 0 radical (unpaired) electrons. The van der Waals surface area contributed by atoms with Crippen LogP contribution in [-0.2, 0) is 0 Å². The fourth-order valence-corrected chi connectivity index (χ4v) is 2.74. The van der Waals surface area contributed by atoms with Crippen molar-refractivity contribution < 1.29 is 0 Å². The van der Waals surface area contributed by atoms with Crippen molar-refractivity contribution in [2.75, 3.05) is 19.6 Å². The number of fused-ring (bicyclic) bond motifs is 1. The highest BCUT2D eigenvalue weighted by molar-refractivity contribution is 4.92. The van der Waals surface area contributed by atoms with Crippen LogP contribution in [0.25, 0.3) is 0 Å². The molecule has 2 aliphatic heterocycles. The maximum Gasteiger partial charge on any atom is 0.0252 e. The van der Waals surface area contributed by atoms with Crippen molar-refractivity contribution >= 4 is 0 Å². The fourth-order valence-electron chi connectivity index (χ4n) is 2.74. The van der Waals surface area contributed by atoms with Gasteiger partial charge in [0, 0.05) is 18.6 Å². The smallest absolute Gasteiger partial charge is 0.0252 e. The molecule has 2 fully saturated rings. The summed E-state index contributed by atoms with van der Waals surface area (Å²) in [4.78, 5) is 2.66. The summed E-state index contributed by atoms with van der Waals surface area (Å²) in [6.45, 7) is 8.43. The van der Waals surface area contributed by atoms with Crippen LogP contribution in [0.1, 0.15) is 26.7 Å². The average Bonchev–Trinajstić information content (AvgIpc) is 2.47. The molecule has 2 atom stereocenters. The van der Waals surface area contributed by atoms with Gasteiger partial charge in [-0.1, -0.05) is 0 Å². The SMILES string of the molecule is CC(C)N1CC[C@@H]2CCNC[C@H]21. The minimum atomic E-state index is 0.736. The molecule has 0 saturated carbocycles. The summed E-state index contributed by atoms with van der Waals surface area (Å²) >= 11 is 0. The molecule has 2 rings (SSSR count). The van der Waals surface area contributed by atoms with Crippen LogP contribution in [-0.4, -0.2) is 36.6 Å². The van der Waals surface area contributed by atoms with E-state index in [1.54, 1.807) is 0 Å².